The Morgan fingerprint density at radius 2 is 2.00 bits per heavy atom. The van der Waals surface area contributed by atoms with Crippen LogP contribution in [-0.2, 0) is 4.79 Å². The van der Waals surface area contributed by atoms with Crippen molar-refractivity contribution in [3.63, 3.8) is 0 Å². The average Bonchev–Trinajstić information content (AvgIpc) is 2.93. The molecule has 0 radical (unpaired) electrons. The van der Waals surface area contributed by atoms with Gasteiger partial charge in [0, 0.05) is 13.6 Å². The number of rotatable bonds is 5. The first-order chi connectivity index (χ1) is 10.4. The molecular formula is C15H20N2O5. The maximum atomic E-state index is 12.1. The van der Waals surface area contributed by atoms with Crippen molar-refractivity contribution in [2.45, 2.75) is 19.9 Å². The lowest BCUT2D eigenvalue weighted by atomic mass is 10.1. The summed E-state index contributed by atoms with van der Waals surface area (Å²) >= 11 is 0. The molecule has 0 spiro atoms. The molecule has 0 aromatic heterocycles. The van der Waals surface area contributed by atoms with Crippen LogP contribution in [-0.4, -0.2) is 42.4 Å². The van der Waals surface area contributed by atoms with E-state index in [0.29, 0.717) is 11.5 Å². The highest BCUT2D eigenvalue weighted by Gasteiger charge is 2.20. The first-order valence-electron chi connectivity index (χ1n) is 7.02. The number of carboxylic acids is 1. The van der Waals surface area contributed by atoms with Crippen LogP contribution < -0.4 is 14.8 Å². The molecule has 7 heteroatoms. The molecule has 120 valence electrons. The Bertz CT molecular complexity index is 575. The van der Waals surface area contributed by atoms with Gasteiger partial charge in [0.25, 0.3) is 0 Å². The minimum Gasteiger partial charge on any atom is -0.481 e. The molecule has 1 aliphatic rings. The lowest BCUT2D eigenvalue weighted by Crippen LogP contribution is -2.41. The zero-order chi connectivity index (χ0) is 16.3. The maximum Gasteiger partial charge on any atom is 0.317 e. The zero-order valence-electron chi connectivity index (χ0n) is 12.8. The number of carbonyl (C=O) groups is 2. The molecule has 2 rings (SSSR count). The lowest BCUT2D eigenvalue weighted by Gasteiger charge is -2.23. The van der Waals surface area contributed by atoms with Crippen LogP contribution in [0.1, 0.15) is 25.5 Å². The van der Waals surface area contributed by atoms with E-state index >= 15 is 0 Å². The second kappa shape index (κ2) is 6.55. The standard InChI is InChI=1S/C15H20N2O5/c1-9(14(18)19)7-17(3)15(20)16-10(2)11-4-5-12-13(6-11)22-8-21-12/h4-6,9-10H,7-8H2,1-3H3,(H,16,20)(H,18,19). The number of ether oxygens (including phenoxy) is 2. The van der Waals surface area contributed by atoms with Crippen LogP contribution in [0.4, 0.5) is 4.79 Å². The number of carboxylic acid groups (broad SMARTS) is 1. The van der Waals surface area contributed by atoms with E-state index in [4.69, 9.17) is 14.6 Å². The lowest BCUT2D eigenvalue weighted by molar-refractivity contribution is -0.141. The molecule has 1 aliphatic heterocycles. The van der Waals surface area contributed by atoms with E-state index < -0.39 is 11.9 Å². The highest BCUT2D eigenvalue weighted by molar-refractivity contribution is 5.76. The number of fused-ring (bicyclic) bond motifs is 1. The van der Waals surface area contributed by atoms with Gasteiger partial charge >= 0.3 is 12.0 Å². The average molecular weight is 308 g/mol. The molecule has 1 heterocycles. The fourth-order valence-corrected chi connectivity index (χ4v) is 2.13. The van der Waals surface area contributed by atoms with Gasteiger partial charge in [-0.25, -0.2) is 4.79 Å². The van der Waals surface area contributed by atoms with Crippen molar-refractivity contribution < 1.29 is 24.2 Å². The first kappa shape index (κ1) is 15.9. The number of urea groups is 1. The smallest absolute Gasteiger partial charge is 0.317 e. The fourth-order valence-electron chi connectivity index (χ4n) is 2.13. The van der Waals surface area contributed by atoms with E-state index in [2.05, 4.69) is 5.32 Å². The molecule has 2 N–H and O–H groups in total. The van der Waals surface area contributed by atoms with Crippen LogP contribution >= 0.6 is 0 Å². The number of amides is 2. The van der Waals surface area contributed by atoms with Gasteiger partial charge in [0.1, 0.15) is 0 Å². The second-order valence-electron chi connectivity index (χ2n) is 5.40. The number of hydrogen-bond donors (Lipinski definition) is 2. The van der Waals surface area contributed by atoms with Crippen molar-refractivity contribution in [2.24, 2.45) is 5.92 Å². The van der Waals surface area contributed by atoms with Gasteiger partial charge in [-0.1, -0.05) is 13.0 Å². The van der Waals surface area contributed by atoms with E-state index in [-0.39, 0.29) is 25.4 Å². The predicted octanol–water partition coefficient (Wildman–Crippen LogP) is 1.84. The first-order valence-corrected chi connectivity index (χ1v) is 7.02. The van der Waals surface area contributed by atoms with E-state index in [1.165, 1.54) is 4.90 Å². The largest absolute Gasteiger partial charge is 0.481 e. The van der Waals surface area contributed by atoms with E-state index in [1.807, 2.05) is 19.1 Å². The third kappa shape index (κ3) is 3.60. The van der Waals surface area contributed by atoms with Gasteiger partial charge in [-0.2, -0.15) is 0 Å². The van der Waals surface area contributed by atoms with Crippen molar-refractivity contribution in [1.29, 1.82) is 0 Å². The molecule has 1 aromatic rings. The van der Waals surface area contributed by atoms with Crippen LogP contribution in [0.25, 0.3) is 0 Å². The van der Waals surface area contributed by atoms with E-state index in [1.54, 1.807) is 20.0 Å². The summed E-state index contributed by atoms with van der Waals surface area (Å²) in [6.07, 6.45) is 0. The van der Waals surface area contributed by atoms with Crippen LogP contribution in [0.2, 0.25) is 0 Å². The van der Waals surface area contributed by atoms with Crippen LogP contribution in [0.3, 0.4) is 0 Å². The van der Waals surface area contributed by atoms with Gasteiger partial charge in [-0.3, -0.25) is 4.79 Å². The summed E-state index contributed by atoms with van der Waals surface area (Å²) in [7, 11) is 1.57. The molecule has 0 saturated carbocycles. The molecule has 0 saturated heterocycles. The Hall–Kier alpha value is -2.44. The van der Waals surface area contributed by atoms with Crippen molar-refractivity contribution in [2.75, 3.05) is 20.4 Å². The predicted molar refractivity (Wildman–Crippen MR) is 78.9 cm³/mol. The molecule has 22 heavy (non-hydrogen) atoms. The molecule has 2 atom stereocenters. The monoisotopic (exact) mass is 308 g/mol. The van der Waals surface area contributed by atoms with Gasteiger partial charge in [0.05, 0.1) is 12.0 Å². The van der Waals surface area contributed by atoms with Gasteiger partial charge in [-0.05, 0) is 24.6 Å². The van der Waals surface area contributed by atoms with Crippen molar-refractivity contribution in [3.05, 3.63) is 23.8 Å². The summed E-state index contributed by atoms with van der Waals surface area (Å²) in [6.45, 7) is 3.77. The van der Waals surface area contributed by atoms with Crippen LogP contribution in [0, 0.1) is 5.92 Å². The van der Waals surface area contributed by atoms with E-state index in [9.17, 15) is 9.59 Å². The normalized spacial score (nSPS) is 15.0. The SMILES string of the molecule is CC(CN(C)C(=O)NC(C)c1ccc2c(c1)OCO2)C(=O)O. The second-order valence-corrected chi connectivity index (χ2v) is 5.40. The minimum atomic E-state index is -0.927. The highest BCUT2D eigenvalue weighted by atomic mass is 16.7. The highest BCUT2D eigenvalue weighted by Crippen LogP contribution is 2.34. The summed E-state index contributed by atoms with van der Waals surface area (Å²) in [5.41, 5.74) is 0.886. The molecule has 0 fully saturated rings. The third-order valence-electron chi connectivity index (χ3n) is 3.55. The Morgan fingerprint density at radius 1 is 1.32 bits per heavy atom. The fraction of sp³-hybridized carbons (Fsp3) is 0.467. The van der Waals surface area contributed by atoms with Gasteiger partial charge in [0.2, 0.25) is 6.79 Å². The quantitative estimate of drug-likeness (QED) is 0.866. The van der Waals surface area contributed by atoms with Crippen molar-refractivity contribution >= 4 is 12.0 Å². The van der Waals surface area contributed by atoms with Gasteiger partial charge in [0.15, 0.2) is 11.5 Å². The molecule has 2 amide bonds. The molecular weight excluding hydrogens is 288 g/mol. The minimum absolute atomic E-state index is 0.148. The summed E-state index contributed by atoms with van der Waals surface area (Å²) in [4.78, 5) is 24.3. The molecule has 1 aromatic carbocycles. The van der Waals surface area contributed by atoms with Gasteiger partial charge < -0.3 is 24.8 Å². The van der Waals surface area contributed by atoms with Crippen LogP contribution in [0.5, 0.6) is 11.5 Å². The zero-order valence-corrected chi connectivity index (χ0v) is 12.8. The van der Waals surface area contributed by atoms with Crippen molar-refractivity contribution in [3.8, 4) is 11.5 Å². The number of aliphatic carboxylic acids is 1. The number of carbonyl (C=O) groups excluding carboxylic acids is 1. The Balaban J connectivity index is 1.94. The third-order valence-corrected chi connectivity index (χ3v) is 3.55. The number of nitrogens with one attached hydrogen (secondary N) is 1. The Kier molecular flexibility index (Phi) is 4.75. The molecule has 2 unspecified atom stereocenters. The number of hydrogen-bond acceptors (Lipinski definition) is 4. The maximum absolute atomic E-state index is 12.1. The Morgan fingerprint density at radius 3 is 2.68 bits per heavy atom. The summed E-state index contributed by atoms with van der Waals surface area (Å²) in [5, 5.41) is 11.7. The summed E-state index contributed by atoms with van der Waals surface area (Å²) < 4.78 is 10.6. The summed E-state index contributed by atoms with van der Waals surface area (Å²) in [5.74, 6) is -0.193. The molecule has 0 aliphatic carbocycles. The molecule has 0 bridgehead atoms. The van der Waals surface area contributed by atoms with Crippen molar-refractivity contribution in [1.82, 2.24) is 10.2 Å². The van der Waals surface area contributed by atoms with Gasteiger partial charge in [-0.15, -0.1) is 0 Å². The summed E-state index contributed by atoms with van der Waals surface area (Å²) in [6, 6.07) is 4.94. The topological polar surface area (TPSA) is 88.1 Å². The number of nitrogens with zero attached hydrogens (tertiary/aromatic N) is 1. The van der Waals surface area contributed by atoms with E-state index in [0.717, 1.165) is 5.56 Å². The van der Waals surface area contributed by atoms with Crippen LogP contribution in [0.15, 0.2) is 18.2 Å². The molecule has 7 nitrogen and oxygen atoms in total. The Labute approximate surface area is 128 Å². The number of benzene rings is 1.